The smallest absolute Gasteiger partial charge is 0.187 e. The molecule has 0 saturated carbocycles. The molecular formula is C13H9BrF3NO. The van der Waals surface area contributed by atoms with Crippen LogP contribution < -0.4 is 5.32 Å². The zero-order valence-electron chi connectivity index (χ0n) is 9.55. The van der Waals surface area contributed by atoms with Crippen LogP contribution in [0.3, 0.4) is 0 Å². The summed E-state index contributed by atoms with van der Waals surface area (Å²) in [6.45, 7) is 0.145. The van der Waals surface area contributed by atoms with Crippen molar-refractivity contribution in [3.63, 3.8) is 0 Å². The lowest BCUT2D eigenvalue weighted by molar-refractivity contribution is 0.395. The Hall–Kier alpha value is -1.69. The van der Waals surface area contributed by atoms with Gasteiger partial charge in [0.15, 0.2) is 17.4 Å². The molecule has 0 saturated heterocycles. The van der Waals surface area contributed by atoms with Gasteiger partial charge in [-0.3, -0.25) is 0 Å². The van der Waals surface area contributed by atoms with Gasteiger partial charge in [0.2, 0.25) is 0 Å². The van der Waals surface area contributed by atoms with E-state index in [0.29, 0.717) is 15.7 Å². The maximum atomic E-state index is 13.1. The molecule has 0 bridgehead atoms. The van der Waals surface area contributed by atoms with Crippen LogP contribution in [0.2, 0.25) is 0 Å². The first kappa shape index (κ1) is 13.7. The average molecular weight is 332 g/mol. The molecule has 2 N–H and O–H groups in total. The molecule has 19 heavy (non-hydrogen) atoms. The van der Waals surface area contributed by atoms with E-state index in [-0.39, 0.29) is 6.54 Å². The highest BCUT2D eigenvalue weighted by Crippen LogP contribution is 2.23. The summed E-state index contributed by atoms with van der Waals surface area (Å²) in [5.41, 5.74) is 0.926. The SMILES string of the molecule is Oc1c(F)cc(CNc2ccc(F)c(Br)c2)cc1F. The van der Waals surface area contributed by atoms with Gasteiger partial charge in [-0.1, -0.05) is 0 Å². The molecule has 2 aromatic carbocycles. The first-order valence-electron chi connectivity index (χ1n) is 5.33. The molecule has 0 heterocycles. The van der Waals surface area contributed by atoms with Gasteiger partial charge in [-0.15, -0.1) is 0 Å². The molecule has 2 nitrogen and oxygen atoms in total. The van der Waals surface area contributed by atoms with E-state index >= 15 is 0 Å². The van der Waals surface area contributed by atoms with Crippen molar-refractivity contribution in [2.45, 2.75) is 6.54 Å². The van der Waals surface area contributed by atoms with Crippen molar-refractivity contribution in [2.24, 2.45) is 0 Å². The van der Waals surface area contributed by atoms with E-state index in [1.165, 1.54) is 18.2 Å². The van der Waals surface area contributed by atoms with E-state index in [9.17, 15) is 13.2 Å². The highest BCUT2D eigenvalue weighted by molar-refractivity contribution is 9.10. The molecule has 0 spiro atoms. The van der Waals surface area contributed by atoms with Crippen molar-refractivity contribution in [1.82, 2.24) is 0 Å². The zero-order valence-corrected chi connectivity index (χ0v) is 11.1. The number of phenolic OH excluding ortho intramolecular Hbond substituents is 1. The van der Waals surface area contributed by atoms with Gasteiger partial charge in [-0.2, -0.15) is 0 Å². The van der Waals surface area contributed by atoms with Crippen LogP contribution in [0.25, 0.3) is 0 Å². The maximum Gasteiger partial charge on any atom is 0.187 e. The third-order valence-electron chi connectivity index (χ3n) is 2.49. The Morgan fingerprint density at radius 3 is 2.21 bits per heavy atom. The highest BCUT2D eigenvalue weighted by atomic mass is 79.9. The molecular weight excluding hydrogens is 323 g/mol. The minimum atomic E-state index is -1.02. The quantitative estimate of drug-likeness (QED) is 0.884. The second-order valence-electron chi connectivity index (χ2n) is 3.89. The maximum absolute atomic E-state index is 13.1. The van der Waals surface area contributed by atoms with Crippen LogP contribution in [0, 0.1) is 17.5 Å². The second kappa shape index (κ2) is 5.52. The van der Waals surface area contributed by atoms with Gasteiger partial charge in [-0.25, -0.2) is 13.2 Å². The van der Waals surface area contributed by atoms with Crippen LogP contribution in [0.1, 0.15) is 5.56 Å². The molecule has 0 unspecified atom stereocenters. The molecule has 0 aliphatic rings. The standard InChI is InChI=1S/C13H9BrF3NO/c14-9-5-8(1-2-10(9)15)18-6-7-3-11(16)13(19)12(17)4-7/h1-5,18-19H,6H2. The molecule has 100 valence electrons. The van der Waals surface area contributed by atoms with Crippen molar-refractivity contribution in [2.75, 3.05) is 5.32 Å². The van der Waals surface area contributed by atoms with Crippen molar-refractivity contribution in [3.05, 3.63) is 57.8 Å². The van der Waals surface area contributed by atoms with E-state index in [2.05, 4.69) is 21.2 Å². The average Bonchev–Trinajstić information content (AvgIpc) is 2.37. The van der Waals surface area contributed by atoms with Crippen LogP contribution >= 0.6 is 15.9 Å². The van der Waals surface area contributed by atoms with Gasteiger partial charge in [-0.05, 0) is 51.8 Å². The zero-order chi connectivity index (χ0) is 14.0. The Balaban J connectivity index is 2.12. The number of hydrogen-bond acceptors (Lipinski definition) is 2. The van der Waals surface area contributed by atoms with Gasteiger partial charge in [0.05, 0.1) is 4.47 Å². The number of benzene rings is 2. The van der Waals surface area contributed by atoms with Crippen LogP contribution in [0.15, 0.2) is 34.8 Å². The van der Waals surface area contributed by atoms with E-state index in [4.69, 9.17) is 5.11 Å². The third-order valence-corrected chi connectivity index (χ3v) is 3.10. The summed E-state index contributed by atoms with van der Waals surface area (Å²) in [5, 5.41) is 11.9. The number of halogens is 4. The minimum Gasteiger partial charge on any atom is -0.503 e. The molecule has 0 radical (unpaired) electrons. The summed E-state index contributed by atoms with van der Waals surface area (Å²) in [6.07, 6.45) is 0. The summed E-state index contributed by atoms with van der Waals surface area (Å²) >= 11 is 3.04. The van der Waals surface area contributed by atoms with E-state index in [1.54, 1.807) is 0 Å². The number of rotatable bonds is 3. The predicted octanol–water partition coefficient (Wildman–Crippen LogP) is 4.18. The number of hydrogen-bond donors (Lipinski definition) is 2. The van der Waals surface area contributed by atoms with E-state index in [0.717, 1.165) is 12.1 Å². The van der Waals surface area contributed by atoms with Crippen molar-refractivity contribution < 1.29 is 18.3 Å². The Morgan fingerprint density at radius 2 is 1.63 bits per heavy atom. The Morgan fingerprint density at radius 1 is 1.00 bits per heavy atom. The summed E-state index contributed by atoms with van der Waals surface area (Å²) in [4.78, 5) is 0. The lowest BCUT2D eigenvalue weighted by Gasteiger charge is -2.08. The lowest BCUT2D eigenvalue weighted by atomic mass is 10.2. The fourth-order valence-corrected chi connectivity index (χ4v) is 1.91. The first-order chi connectivity index (χ1) is 8.97. The molecule has 0 fully saturated rings. The predicted molar refractivity (Wildman–Crippen MR) is 69.4 cm³/mol. The van der Waals surface area contributed by atoms with Crippen LogP contribution in [0.5, 0.6) is 5.75 Å². The van der Waals surface area contributed by atoms with Crippen molar-refractivity contribution >= 4 is 21.6 Å². The lowest BCUT2D eigenvalue weighted by Crippen LogP contribution is -2.01. The molecule has 2 aromatic rings. The normalized spacial score (nSPS) is 10.5. The van der Waals surface area contributed by atoms with Gasteiger partial charge in [0, 0.05) is 12.2 Å². The molecule has 0 aliphatic heterocycles. The van der Waals surface area contributed by atoms with Gasteiger partial charge in [0.25, 0.3) is 0 Å². The fourth-order valence-electron chi connectivity index (χ4n) is 1.53. The third kappa shape index (κ3) is 3.20. The van der Waals surface area contributed by atoms with Crippen molar-refractivity contribution in [3.8, 4) is 5.75 Å². The van der Waals surface area contributed by atoms with Crippen LogP contribution in [-0.4, -0.2) is 5.11 Å². The van der Waals surface area contributed by atoms with Gasteiger partial charge >= 0.3 is 0 Å². The number of nitrogens with one attached hydrogen (secondary N) is 1. The highest BCUT2D eigenvalue weighted by Gasteiger charge is 2.09. The summed E-state index contributed by atoms with van der Waals surface area (Å²) < 4.78 is 39.5. The molecule has 0 aliphatic carbocycles. The number of phenols is 1. The largest absolute Gasteiger partial charge is 0.503 e. The fraction of sp³-hybridized carbons (Fsp3) is 0.0769. The molecule has 6 heteroatoms. The molecule has 0 amide bonds. The Labute approximate surface area is 116 Å². The number of aromatic hydroxyl groups is 1. The molecule has 0 aromatic heterocycles. The first-order valence-corrected chi connectivity index (χ1v) is 6.12. The Kier molecular flexibility index (Phi) is 3.99. The molecule has 2 rings (SSSR count). The van der Waals surface area contributed by atoms with Gasteiger partial charge < -0.3 is 10.4 Å². The van der Waals surface area contributed by atoms with Gasteiger partial charge in [0.1, 0.15) is 5.82 Å². The minimum absolute atomic E-state index is 0.145. The summed E-state index contributed by atoms with van der Waals surface area (Å²) in [5.74, 6) is -3.42. The molecule has 0 atom stereocenters. The number of anilines is 1. The van der Waals surface area contributed by atoms with E-state index < -0.39 is 23.2 Å². The Bertz CT molecular complexity index is 596. The topological polar surface area (TPSA) is 32.3 Å². The summed E-state index contributed by atoms with van der Waals surface area (Å²) in [6, 6.07) is 6.36. The monoisotopic (exact) mass is 331 g/mol. The van der Waals surface area contributed by atoms with Crippen molar-refractivity contribution in [1.29, 1.82) is 0 Å². The van der Waals surface area contributed by atoms with E-state index in [1.807, 2.05) is 0 Å². The van der Waals surface area contributed by atoms with Crippen LogP contribution in [-0.2, 0) is 6.54 Å². The van der Waals surface area contributed by atoms with Crippen LogP contribution in [0.4, 0.5) is 18.9 Å². The second-order valence-corrected chi connectivity index (χ2v) is 4.74. The summed E-state index contributed by atoms with van der Waals surface area (Å²) in [7, 11) is 0.